The first-order valence-electron chi connectivity index (χ1n) is 6.30. The first kappa shape index (κ1) is 13.0. The second-order valence-corrected chi connectivity index (χ2v) is 4.67. The van der Waals surface area contributed by atoms with E-state index in [0.717, 1.165) is 31.5 Å². The van der Waals surface area contributed by atoms with Gasteiger partial charge in [-0.25, -0.2) is 4.39 Å². The van der Waals surface area contributed by atoms with Crippen LogP contribution in [0.4, 0.5) is 4.39 Å². The number of hydrogen-bond donors (Lipinski definition) is 1. The maximum Gasteiger partial charge on any atom is 0.303 e. The van der Waals surface area contributed by atoms with Crippen molar-refractivity contribution < 1.29 is 13.9 Å². The molecule has 1 N–H and O–H groups in total. The van der Waals surface area contributed by atoms with Crippen LogP contribution in [0.15, 0.2) is 24.3 Å². The molecule has 1 aromatic carbocycles. The van der Waals surface area contributed by atoms with Gasteiger partial charge in [0, 0.05) is 12.8 Å². The average molecular weight is 251 g/mol. The van der Waals surface area contributed by atoms with Gasteiger partial charge >= 0.3 is 5.97 Å². The van der Waals surface area contributed by atoms with Crippen molar-refractivity contribution >= 4 is 5.97 Å². The van der Waals surface area contributed by atoms with Gasteiger partial charge < -0.3 is 10.1 Å². The Labute approximate surface area is 106 Å². The Morgan fingerprint density at radius 2 is 1.94 bits per heavy atom. The van der Waals surface area contributed by atoms with Gasteiger partial charge in [0.1, 0.15) is 11.9 Å². The van der Waals surface area contributed by atoms with Gasteiger partial charge in [0.2, 0.25) is 0 Å². The molecular weight excluding hydrogens is 233 g/mol. The molecule has 1 atom stereocenters. The maximum absolute atomic E-state index is 12.9. The van der Waals surface area contributed by atoms with Gasteiger partial charge in [-0.05, 0) is 43.6 Å². The number of benzene rings is 1. The van der Waals surface area contributed by atoms with Crippen LogP contribution >= 0.6 is 0 Å². The van der Waals surface area contributed by atoms with Gasteiger partial charge in [0.05, 0.1) is 0 Å². The zero-order valence-electron chi connectivity index (χ0n) is 10.5. The highest BCUT2D eigenvalue weighted by Gasteiger charge is 2.27. The minimum absolute atomic E-state index is 0.259. The van der Waals surface area contributed by atoms with Crippen molar-refractivity contribution in [3.8, 4) is 0 Å². The fraction of sp³-hybridized carbons (Fsp3) is 0.500. The van der Waals surface area contributed by atoms with E-state index in [4.69, 9.17) is 4.74 Å². The van der Waals surface area contributed by atoms with Crippen LogP contribution < -0.4 is 5.32 Å². The van der Waals surface area contributed by atoms with Gasteiger partial charge in [-0.2, -0.15) is 0 Å². The van der Waals surface area contributed by atoms with Gasteiger partial charge in [-0.3, -0.25) is 4.79 Å². The maximum atomic E-state index is 12.9. The molecule has 0 amide bonds. The van der Waals surface area contributed by atoms with Crippen molar-refractivity contribution in [2.24, 2.45) is 5.92 Å². The van der Waals surface area contributed by atoms with Crippen LogP contribution in [-0.2, 0) is 9.53 Å². The fourth-order valence-corrected chi connectivity index (χ4v) is 2.41. The van der Waals surface area contributed by atoms with Gasteiger partial charge in [0.25, 0.3) is 0 Å². The van der Waals surface area contributed by atoms with Crippen molar-refractivity contribution in [3.05, 3.63) is 35.6 Å². The third-order valence-electron chi connectivity index (χ3n) is 3.30. The molecule has 0 aromatic heterocycles. The molecule has 1 saturated heterocycles. The van der Waals surface area contributed by atoms with E-state index in [0.29, 0.717) is 5.92 Å². The molecule has 1 aromatic rings. The van der Waals surface area contributed by atoms with E-state index in [2.05, 4.69) is 5.32 Å². The minimum atomic E-state index is -0.289. The summed E-state index contributed by atoms with van der Waals surface area (Å²) in [7, 11) is 0. The van der Waals surface area contributed by atoms with E-state index >= 15 is 0 Å². The molecule has 0 radical (unpaired) electrons. The Hall–Kier alpha value is -1.42. The van der Waals surface area contributed by atoms with Crippen molar-refractivity contribution in [2.75, 3.05) is 13.1 Å². The number of rotatable bonds is 3. The molecule has 1 aliphatic rings. The van der Waals surface area contributed by atoms with E-state index < -0.39 is 0 Å². The molecule has 4 heteroatoms. The number of ether oxygens (including phenoxy) is 1. The predicted molar refractivity (Wildman–Crippen MR) is 66.5 cm³/mol. The van der Waals surface area contributed by atoms with E-state index in [9.17, 15) is 9.18 Å². The van der Waals surface area contributed by atoms with Crippen molar-refractivity contribution in [1.29, 1.82) is 0 Å². The van der Waals surface area contributed by atoms with Crippen LogP contribution in [0.1, 0.15) is 31.4 Å². The summed E-state index contributed by atoms with van der Waals surface area (Å²) in [6, 6.07) is 6.22. The highest BCUT2D eigenvalue weighted by molar-refractivity contribution is 5.66. The van der Waals surface area contributed by atoms with Crippen LogP contribution in [-0.4, -0.2) is 19.1 Å². The lowest BCUT2D eigenvalue weighted by molar-refractivity contribution is -0.150. The third kappa shape index (κ3) is 3.29. The molecule has 0 saturated carbocycles. The standard InChI is InChI=1S/C14H18FNO2/c1-10(17)18-14(12-6-8-16-9-7-12)11-2-4-13(15)5-3-11/h2-5,12,14,16H,6-9H2,1H3. The van der Waals surface area contributed by atoms with Gasteiger partial charge in [-0.15, -0.1) is 0 Å². The second-order valence-electron chi connectivity index (χ2n) is 4.67. The lowest BCUT2D eigenvalue weighted by Gasteiger charge is -2.30. The van der Waals surface area contributed by atoms with Crippen molar-refractivity contribution in [3.63, 3.8) is 0 Å². The second kappa shape index (κ2) is 5.96. The molecule has 0 aliphatic carbocycles. The SMILES string of the molecule is CC(=O)OC(c1ccc(F)cc1)C1CCNCC1. The Kier molecular flexibility index (Phi) is 4.31. The molecule has 1 unspecified atom stereocenters. The molecule has 1 heterocycles. The predicted octanol–water partition coefficient (Wildman–Crippen LogP) is 2.43. The Morgan fingerprint density at radius 1 is 1.33 bits per heavy atom. The monoisotopic (exact) mass is 251 g/mol. The van der Waals surface area contributed by atoms with Crippen LogP contribution in [0.5, 0.6) is 0 Å². The average Bonchev–Trinajstić information content (AvgIpc) is 2.38. The molecule has 3 nitrogen and oxygen atoms in total. The zero-order valence-corrected chi connectivity index (χ0v) is 10.5. The zero-order chi connectivity index (χ0) is 13.0. The molecule has 0 bridgehead atoms. The number of nitrogens with one attached hydrogen (secondary N) is 1. The number of carbonyl (C=O) groups is 1. The van der Waals surface area contributed by atoms with Crippen LogP contribution in [0, 0.1) is 11.7 Å². The largest absolute Gasteiger partial charge is 0.457 e. The first-order valence-corrected chi connectivity index (χ1v) is 6.30. The summed E-state index contributed by atoms with van der Waals surface area (Å²) in [5.41, 5.74) is 0.874. The summed E-state index contributed by atoms with van der Waals surface area (Å²) in [4.78, 5) is 11.2. The normalized spacial score (nSPS) is 18.3. The summed E-state index contributed by atoms with van der Waals surface area (Å²) < 4.78 is 18.4. The summed E-state index contributed by atoms with van der Waals surface area (Å²) in [5, 5.41) is 3.28. The Bertz CT molecular complexity index is 399. The summed E-state index contributed by atoms with van der Waals surface area (Å²) in [5.74, 6) is -0.255. The number of esters is 1. The summed E-state index contributed by atoms with van der Waals surface area (Å²) >= 11 is 0. The number of carbonyl (C=O) groups excluding carboxylic acids is 1. The lowest BCUT2D eigenvalue weighted by Crippen LogP contribution is -2.32. The van der Waals surface area contributed by atoms with Gasteiger partial charge in [-0.1, -0.05) is 12.1 Å². The Morgan fingerprint density at radius 3 is 2.50 bits per heavy atom. The molecular formula is C14H18FNO2. The highest BCUT2D eigenvalue weighted by atomic mass is 19.1. The minimum Gasteiger partial charge on any atom is -0.457 e. The summed E-state index contributed by atoms with van der Waals surface area (Å²) in [6.07, 6.45) is 1.68. The lowest BCUT2D eigenvalue weighted by atomic mass is 9.88. The topological polar surface area (TPSA) is 38.3 Å². The molecule has 1 fully saturated rings. The third-order valence-corrected chi connectivity index (χ3v) is 3.30. The molecule has 2 rings (SSSR count). The first-order chi connectivity index (χ1) is 8.66. The van der Waals surface area contributed by atoms with E-state index in [1.807, 2.05) is 0 Å². The van der Waals surface area contributed by atoms with Crippen LogP contribution in [0.25, 0.3) is 0 Å². The fourth-order valence-electron chi connectivity index (χ4n) is 2.41. The number of piperidine rings is 1. The molecule has 1 aliphatic heterocycles. The molecule has 98 valence electrons. The van der Waals surface area contributed by atoms with E-state index in [1.165, 1.54) is 19.1 Å². The van der Waals surface area contributed by atoms with E-state index in [-0.39, 0.29) is 17.9 Å². The van der Waals surface area contributed by atoms with Crippen LogP contribution in [0.3, 0.4) is 0 Å². The van der Waals surface area contributed by atoms with Gasteiger partial charge in [0.15, 0.2) is 0 Å². The molecule has 0 spiro atoms. The molecule has 18 heavy (non-hydrogen) atoms. The van der Waals surface area contributed by atoms with Crippen molar-refractivity contribution in [2.45, 2.75) is 25.9 Å². The highest BCUT2D eigenvalue weighted by Crippen LogP contribution is 2.32. The quantitative estimate of drug-likeness (QED) is 0.838. The number of halogens is 1. The number of hydrogen-bond acceptors (Lipinski definition) is 3. The van der Waals surface area contributed by atoms with Crippen LogP contribution in [0.2, 0.25) is 0 Å². The Balaban J connectivity index is 2.17. The van der Waals surface area contributed by atoms with E-state index in [1.54, 1.807) is 12.1 Å². The van der Waals surface area contributed by atoms with Crippen molar-refractivity contribution in [1.82, 2.24) is 5.32 Å². The summed E-state index contributed by atoms with van der Waals surface area (Å²) in [6.45, 7) is 3.28. The smallest absolute Gasteiger partial charge is 0.303 e.